The van der Waals surface area contributed by atoms with Crippen LogP contribution in [0.2, 0.25) is 0 Å². The van der Waals surface area contributed by atoms with Crippen LogP contribution in [0.4, 0.5) is 0 Å². The Labute approximate surface area is 98.2 Å². The van der Waals surface area contributed by atoms with E-state index in [0.717, 1.165) is 19.8 Å². The van der Waals surface area contributed by atoms with Crippen molar-refractivity contribution < 1.29 is 4.74 Å². The fourth-order valence-corrected chi connectivity index (χ4v) is 2.43. The normalized spacial score (nSPS) is 17.9. The standard InChI is InChI=1S/C14H21NO/c1-15(2)11-13-5-3-4-6-14(13)12-7-9-16-10-8-12/h3-6,12H,7-11H2,1-2H3. The lowest BCUT2D eigenvalue weighted by Gasteiger charge is -2.25. The van der Waals surface area contributed by atoms with Crippen LogP contribution >= 0.6 is 0 Å². The van der Waals surface area contributed by atoms with Crippen LogP contribution in [0.15, 0.2) is 24.3 Å². The van der Waals surface area contributed by atoms with Gasteiger partial charge >= 0.3 is 0 Å². The average molecular weight is 219 g/mol. The van der Waals surface area contributed by atoms with E-state index in [9.17, 15) is 0 Å². The van der Waals surface area contributed by atoms with E-state index < -0.39 is 0 Å². The molecule has 2 rings (SSSR count). The Hall–Kier alpha value is -0.860. The number of nitrogens with zero attached hydrogens (tertiary/aromatic N) is 1. The van der Waals surface area contributed by atoms with Crippen LogP contribution in [0, 0.1) is 0 Å². The third-order valence-corrected chi connectivity index (χ3v) is 3.20. The molecule has 1 saturated heterocycles. The van der Waals surface area contributed by atoms with Crippen molar-refractivity contribution >= 4 is 0 Å². The summed E-state index contributed by atoms with van der Waals surface area (Å²) in [5.41, 5.74) is 3.00. The first-order valence-electron chi connectivity index (χ1n) is 6.07. The molecule has 1 aromatic rings. The second-order valence-corrected chi connectivity index (χ2v) is 4.82. The second-order valence-electron chi connectivity index (χ2n) is 4.82. The molecule has 2 nitrogen and oxygen atoms in total. The van der Waals surface area contributed by atoms with Gasteiger partial charge in [-0.05, 0) is 44.0 Å². The molecule has 1 aliphatic heterocycles. The molecule has 1 heterocycles. The molecule has 0 saturated carbocycles. The van der Waals surface area contributed by atoms with Crippen molar-refractivity contribution in [3.05, 3.63) is 35.4 Å². The summed E-state index contributed by atoms with van der Waals surface area (Å²) in [6, 6.07) is 8.84. The first-order chi connectivity index (χ1) is 7.77. The van der Waals surface area contributed by atoms with Crippen LogP contribution in [0.25, 0.3) is 0 Å². The van der Waals surface area contributed by atoms with Gasteiger partial charge in [0, 0.05) is 19.8 Å². The summed E-state index contributed by atoms with van der Waals surface area (Å²) in [5.74, 6) is 0.699. The second kappa shape index (κ2) is 5.46. The van der Waals surface area contributed by atoms with Gasteiger partial charge in [-0.1, -0.05) is 24.3 Å². The molecule has 0 aromatic heterocycles. The Morgan fingerprint density at radius 2 is 1.88 bits per heavy atom. The number of hydrogen-bond donors (Lipinski definition) is 0. The Morgan fingerprint density at radius 1 is 1.19 bits per heavy atom. The van der Waals surface area contributed by atoms with Crippen molar-refractivity contribution in [2.24, 2.45) is 0 Å². The topological polar surface area (TPSA) is 12.5 Å². The van der Waals surface area contributed by atoms with E-state index in [1.165, 1.54) is 24.0 Å². The van der Waals surface area contributed by atoms with Gasteiger partial charge in [0.05, 0.1) is 0 Å². The quantitative estimate of drug-likeness (QED) is 0.775. The predicted octanol–water partition coefficient (Wildman–Crippen LogP) is 2.64. The van der Waals surface area contributed by atoms with Gasteiger partial charge in [0.1, 0.15) is 0 Å². The molecular formula is C14H21NO. The third-order valence-electron chi connectivity index (χ3n) is 3.20. The molecule has 1 fully saturated rings. The highest BCUT2D eigenvalue weighted by Gasteiger charge is 2.18. The minimum Gasteiger partial charge on any atom is -0.381 e. The molecule has 0 amide bonds. The molecule has 88 valence electrons. The summed E-state index contributed by atoms with van der Waals surface area (Å²) in [6.07, 6.45) is 2.34. The van der Waals surface area contributed by atoms with Gasteiger partial charge in [0.2, 0.25) is 0 Å². The van der Waals surface area contributed by atoms with E-state index in [4.69, 9.17) is 4.74 Å². The minimum absolute atomic E-state index is 0.699. The van der Waals surface area contributed by atoms with Crippen LogP contribution in [-0.2, 0) is 11.3 Å². The van der Waals surface area contributed by atoms with Gasteiger partial charge in [-0.3, -0.25) is 0 Å². The van der Waals surface area contributed by atoms with E-state index in [1.54, 1.807) is 0 Å². The zero-order valence-corrected chi connectivity index (χ0v) is 10.3. The maximum Gasteiger partial charge on any atom is 0.0471 e. The first kappa shape index (κ1) is 11.6. The lowest BCUT2D eigenvalue weighted by molar-refractivity contribution is 0.0850. The van der Waals surface area contributed by atoms with Crippen molar-refractivity contribution in [3.63, 3.8) is 0 Å². The van der Waals surface area contributed by atoms with Crippen LogP contribution < -0.4 is 0 Å². The summed E-state index contributed by atoms with van der Waals surface area (Å²) in [5, 5.41) is 0. The summed E-state index contributed by atoms with van der Waals surface area (Å²) < 4.78 is 5.43. The molecule has 0 bridgehead atoms. The average Bonchev–Trinajstić information content (AvgIpc) is 2.30. The van der Waals surface area contributed by atoms with Crippen molar-refractivity contribution in [1.29, 1.82) is 0 Å². The van der Waals surface area contributed by atoms with Crippen LogP contribution in [0.5, 0.6) is 0 Å². The molecule has 0 spiro atoms. The van der Waals surface area contributed by atoms with Gasteiger partial charge in [0.15, 0.2) is 0 Å². The van der Waals surface area contributed by atoms with Crippen molar-refractivity contribution in [1.82, 2.24) is 4.90 Å². The van der Waals surface area contributed by atoms with Crippen LogP contribution in [0.3, 0.4) is 0 Å². The monoisotopic (exact) mass is 219 g/mol. The lowest BCUT2D eigenvalue weighted by Crippen LogP contribution is -2.18. The Kier molecular flexibility index (Phi) is 3.97. The largest absolute Gasteiger partial charge is 0.381 e. The molecule has 0 radical (unpaired) electrons. The lowest BCUT2D eigenvalue weighted by atomic mass is 9.88. The van der Waals surface area contributed by atoms with E-state index in [0.29, 0.717) is 5.92 Å². The van der Waals surface area contributed by atoms with E-state index in [2.05, 4.69) is 43.3 Å². The van der Waals surface area contributed by atoms with Crippen molar-refractivity contribution in [3.8, 4) is 0 Å². The molecule has 1 aliphatic rings. The molecule has 0 atom stereocenters. The van der Waals surface area contributed by atoms with Gasteiger partial charge < -0.3 is 9.64 Å². The summed E-state index contributed by atoms with van der Waals surface area (Å²) in [4.78, 5) is 2.23. The molecule has 2 heteroatoms. The highest BCUT2D eigenvalue weighted by molar-refractivity contribution is 5.30. The van der Waals surface area contributed by atoms with E-state index in [-0.39, 0.29) is 0 Å². The van der Waals surface area contributed by atoms with Gasteiger partial charge in [-0.15, -0.1) is 0 Å². The Morgan fingerprint density at radius 3 is 2.56 bits per heavy atom. The summed E-state index contributed by atoms with van der Waals surface area (Å²) in [7, 11) is 4.25. The predicted molar refractivity (Wildman–Crippen MR) is 66.6 cm³/mol. The highest BCUT2D eigenvalue weighted by Crippen LogP contribution is 2.29. The van der Waals surface area contributed by atoms with E-state index in [1.807, 2.05) is 0 Å². The Bertz CT molecular complexity index is 329. The fourth-order valence-electron chi connectivity index (χ4n) is 2.43. The zero-order chi connectivity index (χ0) is 11.4. The smallest absolute Gasteiger partial charge is 0.0471 e. The first-order valence-corrected chi connectivity index (χ1v) is 6.07. The Balaban J connectivity index is 2.17. The van der Waals surface area contributed by atoms with Crippen molar-refractivity contribution in [2.75, 3.05) is 27.3 Å². The molecular weight excluding hydrogens is 198 g/mol. The summed E-state index contributed by atoms with van der Waals surface area (Å²) >= 11 is 0. The van der Waals surface area contributed by atoms with Crippen LogP contribution in [0.1, 0.15) is 29.9 Å². The fraction of sp³-hybridized carbons (Fsp3) is 0.571. The maximum absolute atomic E-state index is 5.43. The minimum atomic E-state index is 0.699. The summed E-state index contributed by atoms with van der Waals surface area (Å²) in [6.45, 7) is 2.87. The number of ether oxygens (including phenoxy) is 1. The maximum atomic E-state index is 5.43. The molecule has 0 aliphatic carbocycles. The van der Waals surface area contributed by atoms with Crippen molar-refractivity contribution in [2.45, 2.75) is 25.3 Å². The van der Waals surface area contributed by atoms with Gasteiger partial charge in [-0.25, -0.2) is 0 Å². The number of hydrogen-bond acceptors (Lipinski definition) is 2. The third kappa shape index (κ3) is 2.83. The highest BCUT2D eigenvalue weighted by atomic mass is 16.5. The zero-order valence-electron chi connectivity index (χ0n) is 10.3. The molecule has 0 unspecified atom stereocenters. The number of rotatable bonds is 3. The van der Waals surface area contributed by atoms with E-state index >= 15 is 0 Å². The molecule has 16 heavy (non-hydrogen) atoms. The van der Waals surface area contributed by atoms with Gasteiger partial charge in [-0.2, -0.15) is 0 Å². The molecule has 1 aromatic carbocycles. The number of benzene rings is 1. The molecule has 0 N–H and O–H groups in total. The SMILES string of the molecule is CN(C)Cc1ccccc1C1CCOCC1. The van der Waals surface area contributed by atoms with Gasteiger partial charge in [0.25, 0.3) is 0 Å². The van der Waals surface area contributed by atoms with Crippen LogP contribution in [-0.4, -0.2) is 32.2 Å².